The fourth-order valence-electron chi connectivity index (χ4n) is 5.67. The van der Waals surface area contributed by atoms with Crippen molar-refractivity contribution in [3.05, 3.63) is 100 Å². The fourth-order valence-corrected chi connectivity index (χ4v) is 5.84. The van der Waals surface area contributed by atoms with E-state index in [-0.39, 0.29) is 17.1 Å². The van der Waals surface area contributed by atoms with Crippen LogP contribution in [0.3, 0.4) is 0 Å². The normalized spacial score (nSPS) is 16.9. The number of ketones is 1. The van der Waals surface area contributed by atoms with Gasteiger partial charge in [0.2, 0.25) is 0 Å². The molecule has 0 unspecified atom stereocenters. The summed E-state index contributed by atoms with van der Waals surface area (Å²) >= 11 is 6.30. The minimum absolute atomic E-state index is 0.0274. The zero-order chi connectivity index (χ0) is 23.3. The Hall–Kier alpha value is -3.44. The standard InChI is InChI=1S/C28H24ClN3O2/c29-19-8-9-21-23(18-32(25(21)15-19)17-20-5-3-4-12-30-20)27(34)31-13-10-28(11-14-31)16-26(33)22-6-1-2-7-24(22)28/h1-9,12,15,18H,10-11,13-14,16-17H2. The van der Waals surface area contributed by atoms with E-state index in [4.69, 9.17) is 11.6 Å². The first kappa shape index (κ1) is 21.1. The molecular formula is C28H24ClN3O2. The molecule has 6 rings (SSSR count). The first-order valence-corrected chi connectivity index (χ1v) is 12.0. The number of fused-ring (bicyclic) bond motifs is 3. The van der Waals surface area contributed by atoms with Crippen molar-refractivity contribution in [1.29, 1.82) is 0 Å². The Morgan fingerprint density at radius 2 is 1.82 bits per heavy atom. The van der Waals surface area contributed by atoms with Gasteiger partial charge in [-0.15, -0.1) is 0 Å². The Morgan fingerprint density at radius 1 is 1.03 bits per heavy atom. The molecule has 1 saturated heterocycles. The van der Waals surface area contributed by atoms with E-state index in [1.165, 1.54) is 0 Å². The van der Waals surface area contributed by atoms with Gasteiger partial charge in [0.15, 0.2) is 5.78 Å². The predicted molar refractivity (Wildman–Crippen MR) is 132 cm³/mol. The highest BCUT2D eigenvalue weighted by Crippen LogP contribution is 2.46. The van der Waals surface area contributed by atoms with Gasteiger partial charge in [0.05, 0.1) is 23.3 Å². The maximum atomic E-state index is 13.7. The molecule has 1 aliphatic carbocycles. The largest absolute Gasteiger partial charge is 0.341 e. The molecule has 3 heterocycles. The number of Topliss-reactive ketones (excluding diaryl/α,β-unsaturated/α-hetero) is 1. The summed E-state index contributed by atoms with van der Waals surface area (Å²) in [5, 5.41) is 1.53. The van der Waals surface area contributed by atoms with Crippen molar-refractivity contribution in [3.8, 4) is 0 Å². The zero-order valence-corrected chi connectivity index (χ0v) is 19.5. The number of hydrogen-bond acceptors (Lipinski definition) is 3. The van der Waals surface area contributed by atoms with Gasteiger partial charge in [-0.05, 0) is 42.7 Å². The predicted octanol–water partition coefficient (Wildman–Crippen LogP) is 5.50. The van der Waals surface area contributed by atoms with Gasteiger partial charge < -0.3 is 9.47 Å². The van der Waals surface area contributed by atoms with Gasteiger partial charge in [-0.2, -0.15) is 0 Å². The lowest BCUT2D eigenvalue weighted by Crippen LogP contribution is -2.44. The molecule has 0 atom stereocenters. The zero-order valence-electron chi connectivity index (χ0n) is 18.7. The maximum Gasteiger partial charge on any atom is 0.256 e. The minimum Gasteiger partial charge on any atom is -0.341 e. The molecule has 170 valence electrons. The van der Waals surface area contributed by atoms with Crippen molar-refractivity contribution in [2.24, 2.45) is 0 Å². The van der Waals surface area contributed by atoms with Gasteiger partial charge in [-0.1, -0.05) is 48.0 Å². The van der Waals surface area contributed by atoms with Gasteiger partial charge >= 0.3 is 0 Å². The summed E-state index contributed by atoms with van der Waals surface area (Å²) < 4.78 is 2.05. The van der Waals surface area contributed by atoms with Crippen LogP contribution in [0.4, 0.5) is 0 Å². The number of amides is 1. The average molecular weight is 470 g/mol. The van der Waals surface area contributed by atoms with E-state index >= 15 is 0 Å². The second-order valence-corrected chi connectivity index (χ2v) is 9.81. The van der Waals surface area contributed by atoms with Crippen molar-refractivity contribution in [1.82, 2.24) is 14.5 Å². The first-order chi connectivity index (χ1) is 16.5. The average Bonchev–Trinajstić information content (AvgIpc) is 3.35. The molecule has 0 radical (unpaired) electrons. The van der Waals surface area contributed by atoms with Gasteiger partial charge in [-0.25, -0.2) is 0 Å². The maximum absolute atomic E-state index is 13.7. The van der Waals surface area contributed by atoms with Gasteiger partial charge in [0.25, 0.3) is 5.91 Å². The number of halogens is 1. The van der Waals surface area contributed by atoms with Crippen LogP contribution in [-0.4, -0.2) is 39.2 Å². The van der Waals surface area contributed by atoms with Gasteiger partial charge in [-0.3, -0.25) is 14.6 Å². The summed E-state index contributed by atoms with van der Waals surface area (Å²) in [6, 6.07) is 19.5. The smallest absolute Gasteiger partial charge is 0.256 e. The van der Waals surface area contributed by atoms with Crippen LogP contribution >= 0.6 is 11.6 Å². The Kier molecular flexibility index (Phi) is 5.03. The number of nitrogens with zero attached hydrogens (tertiary/aromatic N) is 3. The molecule has 0 saturated carbocycles. The number of piperidine rings is 1. The molecule has 1 aliphatic heterocycles. The molecule has 4 aromatic rings. The van der Waals surface area contributed by atoms with E-state index in [1.54, 1.807) is 6.20 Å². The summed E-state index contributed by atoms with van der Waals surface area (Å²) in [6.45, 7) is 1.84. The van der Waals surface area contributed by atoms with Crippen LogP contribution in [-0.2, 0) is 12.0 Å². The van der Waals surface area contributed by atoms with Crippen LogP contribution in [0.1, 0.15) is 51.2 Å². The lowest BCUT2D eigenvalue weighted by Gasteiger charge is -2.39. The van der Waals surface area contributed by atoms with Crippen LogP contribution in [0.5, 0.6) is 0 Å². The number of carbonyl (C=O) groups excluding carboxylic acids is 2. The molecule has 2 aromatic carbocycles. The molecule has 1 fully saturated rings. The topological polar surface area (TPSA) is 55.2 Å². The second kappa shape index (κ2) is 8.10. The third-order valence-electron chi connectivity index (χ3n) is 7.44. The SMILES string of the molecule is O=C1CC2(CCN(C(=O)c3cn(Cc4ccccn4)c4cc(Cl)ccc34)CC2)c2ccccc21. The molecule has 0 N–H and O–H groups in total. The number of carbonyl (C=O) groups is 2. The molecule has 2 aliphatic rings. The molecule has 34 heavy (non-hydrogen) atoms. The molecule has 1 spiro atoms. The van der Waals surface area contributed by atoms with Crippen LogP contribution in [0.2, 0.25) is 5.02 Å². The van der Waals surface area contributed by atoms with Gasteiger partial charge in [0.1, 0.15) is 0 Å². The van der Waals surface area contributed by atoms with Crippen LogP contribution in [0.25, 0.3) is 10.9 Å². The highest BCUT2D eigenvalue weighted by atomic mass is 35.5. The van der Waals surface area contributed by atoms with E-state index in [1.807, 2.05) is 70.3 Å². The number of likely N-dealkylation sites (tertiary alicyclic amines) is 1. The third kappa shape index (κ3) is 3.43. The minimum atomic E-state index is -0.134. The first-order valence-electron chi connectivity index (χ1n) is 11.6. The van der Waals surface area contributed by atoms with E-state index in [2.05, 4.69) is 11.1 Å². The monoisotopic (exact) mass is 469 g/mol. The van der Waals surface area contributed by atoms with Crippen molar-refractivity contribution >= 4 is 34.2 Å². The van der Waals surface area contributed by atoms with E-state index in [0.717, 1.165) is 40.6 Å². The number of hydrogen-bond donors (Lipinski definition) is 0. The van der Waals surface area contributed by atoms with Gasteiger partial charge in [0, 0.05) is 53.3 Å². The summed E-state index contributed by atoms with van der Waals surface area (Å²) in [4.78, 5) is 32.6. The fraction of sp³-hybridized carbons (Fsp3) is 0.250. The molecule has 5 nitrogen and oxygen atoms in total. The second-order valence-electron chi connectivity index (χ2n) is 9.37. The summed E-state index contributed by atoms with van der Waals surface area (Å²) in [7, 11) is 0. The van der Waals surface area contributed by atoms with Crippen molar-refractivity contribution < 1.29 is 9.59 Å². The highest BCUT2D eigenvalue weighted by Gasteiger charge is 2.45. The lowest BCUT2D eigenvalue weighted by molar-refractivity contribution is 0.0663. The van der Waals surface area contributed by atoms with Crippen molar-refractivity contribution in [3.63, 3.8) is 0 Å². The Labute approximate surface area is 203 Å². The molecular weight excluding hydrogens is 446 g/mol. The van der Waals surface area contributed by atoms with E-state index in [0.29, 0.717) is 36.6 Å². The lowest BCUT2D eigenvalue weighted by atomic mass is 9.73. The quantitative estimate of drug-likeness (QED) is 0.398. The number of pyridine rings is 1. The highest BCUT2D eigenvalue weighted by molar-refractivity contribution is 6.31. The Bertz CT molecular complexity index is 1420. The van der Waals surface area contributed by atoms with Crippen LogP contribution in [0.15, 0.2) is 73.1 Å². The summed E-state index contributed by atoms with van der Waals surface area (Å²) in [5.74, 6) is 0.254. The summed E-state index contributed by atoms with van der Waals surface area (Å²) in [6.07, 6.45) is 5.86. The number of aromatic nitrogens is 2. The Balaban J connectivity index is 1.29. The van der Waals surface area contributed by atoms with Crippen molar-refractivity contribution in [2.75, 3.05) is 13.1 Å². The summed E-state index contributed by atoms with van der Waals surface area (Å²) in [5.41, 5.74) is 4.41. The van der Waals surface area contributed by atoms with Crippen LogP contribution < -0.4 is 0 Å². The Morgan fingerprint density at radius 3 is 2.62 bits per heavy atom. The number of rotatable bonds is 3. The van der Waals surface area contributed by atoms with Crippen molar-refractivity contribution in [2.45, 2.75) is 31.2 Å². The molecule has 2 aromatic heterocycles. The molecule has 0 bridgehead atoms. The van der Waals surface area contributed by atoms with Crippen LogP contribution in [0, 0.1) is 0 Å². The molecule has 6 heteroatoms. The van der Waals surface area contributed by atoms with E-state index < -0.39 is 0 Å². The number of benzene rings is 2. The molecule has 1 amide bonds. The third-order valence-corrected chi connectivity index (χ3v) is 7.67. The van der Waals surface area contributed by atoms with E-state index in [9.17, 15) is 9.59 Å².